The lowest BCUT2D eigenvalue weighted by Gasteiger charge is -2.12. The van der Waals surface area contributed by atoms with Crippen LogP contribution in [0, 0.1) is 0 Å². The van der Waals surface area contributed by atoms with Crippen molar-refractivity contribution in [2.75, 3.05) is 30.9 Å². The molecule has 3 rings (SSSR count). The first-order chi connectivity index (χ1) is 12.4. The molecule has 1 heterocycles. The second-order valence-corrected chi connectivity index (χ2v) is 6.10. The number of nitrogens with zero attached hydrogens (tertiary/aromatic N) is 2. The summed E-state index contributed by atoms with van der Waals surface area (Å²) in [4.78, 5) is 24.6. The van der Waals surface area contributed by atoms with Gasteiger partial charge >= 0.3 is 5.97 Å². The van der Waals surface area contributed by atoms with Crippen molar-refractivity contribution in [3.63, 3.8) is 0 Å². The van der Waals surface area contributed by atoms with Crippen LogP contribution in [0.25, 0.3) is 22.0 Å². The number of carbonyl (C=O) groups excluding carboxylic acids is 2. The fourth-order valence-electron chi connectivity index (χ4n) is 2.58. The first-order valence-corrected chi connectivity index (χ1v) is 8.13. The summed E-state index contributed by atoms with van der Waals surface area (Å²) in [5.74, 6) is -0.527. The molecular weight excluding hydrogens is 332 g/mol. The molecule has 26 heavy (non-hydrogen) atoms. The SMILES string of the molecule is CC(=O)OCC(=O)Nc1n[nH]c2cc(-c3ccc(N(C)C)cc3)ccc12. The molecule has 0 fully saturated rings. The highest BCUT2D eigenvalue weighted by Gasteiger charge is 2.11. The average Bonchev–Trinajstić information content (AvgIpc) is 3.02. The molecule has 0 saturated carbocycles. The van der Waals surface area contributed by atoms with Crippen molar-refractivity contribution in [3.05, 3.63) is 42.5 Å². The summed E-state index contributed by atoms with van der Waals surface area (Å²) in [5, 5.41) is 10.5. The van der Waals surface area contributed by atoms with Crippen molar-refractivity contribution in [2.24, 2.45) is 0 Å². The largest absolute Gasteiger partial charge is 0.456 e. The van der Waals surface area contributed by atoms with E-state index in [2.05, 4.69) is 44.5 Å². The molecule has 1 aromatic heterocycles. The molecule has 7 nitrogen and oxygen atoms in total. The second kappa shape index (κ2) is 7.26. The van der Waals surface area contributed by atoms with Crippen molar-refractivity contribution in [2.45, 2.75) is 6.92 Å². The van der Waals surface area contributed by atoms with Crippen molar-refractivity contribution in [1.82, 2.24) is 10.2 Å². The van der Waals surface area contributed by atoms with Crippen molar-refractivity contribution in [1.29, 1.82) is 0 Å². The van der Waals surface area contributed by atoms with Gasteiger partial charge in [0.2, 0.25) is 0 Å². The number of rotatable bonds is 5. The monoisotopic (exact) mass is 352 g/mol. The Bertz CT molecular complexity index is 945. The number of hydrogen-bond donors (Lipinski definition) is 2. The van der Waals surface area contributed by atoms with Crippen LogP contribution in [0.1, 0.15) is 6.92 Å². The van der Waals surface area contributed by atoms with Crippen LogP contribution >= 0.6 is 0 Å². The fraction of sp³-hybridized carbons (Fsp3) is 0.211. The summed E-state index contributed by atoms with van der Waals surface area (Å²) in [6.07, 6.45) is 0. The lowest BCUT2D eigenvalue weighted by atomic mass is 10.0. The van der Waals surface area contributed by atoms with E-state index in [1.54, 1.807) is 0 Å². The normalized spacial score (nSPS) is 10.6. The molecule has 2 N–H and O–H groups in total. The number of benzene rings is 2. The van der Waals surface area contributed by atoms with Gasteiger partial charge in [0.25, 0.3) is 5.91 Å². The number of aromatic amines is 1. The number of anilines is 2. The Labute approximate surface area is 151 Å². The maximum atomic E-state index is 11.8. The number of esters is 1. The minimum Gasteiger partial charge on any atom is -0.456 e. The number of fused-ring (bicyclic) bond motifs is 1. The second-order valence-electron chi connectivity index (χ2n) is 6.10. The van der Waals surface area contributed by atoms with E-state index < -0.39 is 11.9 Å². The number of aromatic nitrogens is 2. The van der Waals surface area contributed by atoms with Crippen LogP contribution in [-0.4, -0.2) is 42.8 Å². The summed E-state index contributed by atoms with van der Waals surface area (Å²) < 4.78 is 4.68. The molecule has 0 aliphatic rings. The Morgan fingerprint density at radius 1 is 1.12 bits per heavy atom. The molecule has 2 aromatic carbocycles. The van der Waals surface area contributed by atoms with E-state index in [0.29, 0.717) is 5.82 Å². The zero-order valence-corrected chi connectivity index (χ0v) is 14.9. The molecule has 1 amide bonds. The average molecular weight is 352 g/mol. The number of ether oxygens (including phenoxy) is 1. The first-order valence-electron chi connectivity index (χ1n) is 8.13. The third-order valence-electron chi connectivity index (χ3n) is 3.94. The van der Waals surface area contributed by atoms with Gasteiger partial charge in [0.15, 0.2) is 12.4 Å². The molecule has 0 unspecified atom stereocenters. The molecule has 7 heteroatoms. The van der Waals surface area contributed by atoms with Crippen LogP contribution in [0.2, 0.25) is 0 Å². The van der Waals surface area contributed by atoms with E-state index >= 15 is 0 Å². The Balaban J connectivity index is 1.80. The third kappa shape index (κ3) is 3.83. The van der Waals surface area contributed by atoms with Gasteiger partial charge in [-0.1, -0.05) is 18.2 Å². The predicted molar refractivity (Wildman–Crippen MR) is 101 cm³/mol. The predicted octanol–water partition coefficient (Wildman–Crippen LogP) is 2.80. The summed E-state index contributed by atoms with van der Waals surface area (Å²) in [7, 11) is 4.01. The Morgan fingerprint density at radius 2 is 1.81 bits per heavy atom. The molecule has 134 valence electrons. The molecule has 0 spiro atoms. The van der Waals surface area contributed by atoms with E-state index in [4.69, 9.17) is 0 Å². The molecule has 0 bridgehead atoms. The maximum absolute atomic E-state index is 11.8. The highest BCUT2D eigenvalue weighted by molar-refractivity contribution is 6.01. The topological polar surface area (TPSA) is 87.3 Å². The standard InChI is InChI=1S/C19H20N4O3/c1-12(24)26-11-18(25)20-19-16-9-6-14(10-17(16)21-22-19)13-4-7-15(8-5-13)23(2)3/h4-10H,11H2,1-3H3,(H2,20,21,22,25). The van der Waals surface area contributed by atoms with Crippen LogP contribution in [0.3, 0.4) is 0 Å². The van der Waals surface area contributed by atoms with Crippen LogP contribution in [-0.2, 0) is 14.3 Å². The Kier molecular flexibility index (Phi) is 4.88. The van der Waals surface area contributed by atoms with Crippen molar-refractivity contribution in [3.8, 4) is 11.1 Å². The quantitative estimate of drug-likeness (QED) is 0.690. The highest BCUT2D eigenvalue weighted by atomic mass is 16.5. The maximum Gasteiger partial charge on any atom is 0.303 e. The fourth-order valence-corrected chi connectivity index (χ4v) is 2.58. The summed E-state index contributed by atoms with van der Waals surface area (Å²) in [5.41, 5.74) is 4.08. The molecule has 0 aliphatic heterocycles. The Hall–Kier alpha value is -3.35. The van der Waals surface area contributed by atoms with Gasteiger partial charge in [-0.3, -0.25) is 14.7 Å². The van der Waals surface area contributed by atoms with Crippen molar-refractivity contribution >= 4 is 34.3 Å². The Morgan fingerprint density at radius 3 is 2.46 bits per heavy atom. The molecule has 0 aliphatic carbocycles. The van der Waals surface area contributed by atoms with Crippen LogP contribution in [0.15, 0.2) is 42.5 Å². The van der Waals surface area contributed by atoms with Crippen molar-refractivity contribution < 1.29 is 14.3 Å². The van der Waals surface area contributed by atoms with Crippen LogP contribution in [0.4, 0.5) is 11.5 Å². The number of carbonyl (C=O) groups is 2. The van der Waals surface area contributed by atoms with E-state index in [-0.39, 0.29) is 6.61 Å². The lowest BCUT2D eigenvalue weighted by molar-refractivity contribution is -0.144. The van der Waals surface area contributed by atoms with E-state index in [0.717, 1.165) is 27.7 Å². The summed E-state index contributed by atoms with van der Waals surface area (Å²) in [6.45, 7) is 0.920. The van der Waals surface area contributed by atoms with Gasteiger partial charge in [-0.05, 0) is 35.4 Å². The van der Waals surface area contributed by atoms with Crippen LogP contribution < -0.4 is 10.2 Å². The summed E-state index contributed by atoms with van der Waals surface area (Å²) in [6, 6.07) is 14.1. The first kappa shape index (κ1) is 17.5. The number of nitrogens with one attached hydrogen (secondary N) is 2. The molecular formula is C19H20N4O3. The molecule has 0 atom stereocenters. The van der Waals surface area contributed by atoms with Gasteiger partial charge in [0.05, 0.1) is 5.52 Å². The van der Waals surface area contributed by atoms with E-state index in [9.17, 15) is 9.59 Å². The highest BCUT2D eigenvalue weighted by Crippen LogP contribution is 2.28. The van der Waals surface area contributed by atoms with Crippen LogP contribution in [0.5, 0.6) is 0 Å². The minimum absolute atomic E-state index is 0.333. The van der Waals surface area contributed by atoms with Gasteiger partial charge in [-0.2, -0.15) is 5.10 Å². The number of amides is 1. The molecule has 3 aromatic rings. The van der Waals surface area contributed by atoms with Gasteiger partial charge in [0, 0.05) is 32.1 Å². The van der Waals surface area contributed by atoms with Gasteiger partial charge in [-0.15, -0.1) is 0 Å². The zero-order chi connectivity index (χ0) is 18.7. The van der Waals surface area contributed by atoms with E-state index in [1.165, 1.54) is 6.92 Å². The zero-order valence-electron chi connectivity index (χ0n) is 14.9. The number of hydrogen-bond acceptors (Lipinski definition) is 5. The molecule has 0 radical (unpaired) electrons. The minimum atomic E-state index is -0.503. The smallest absolute Gasteiger partial charge is 0.303 e. The van der Waals surface area contributed by atoms with Gasteiger partial charge in [-0.25, -0.2) is 0 Å². The summed E-state index contributed by atoms with van der Waals surface area (Å²) >= 11 is 0. The lowest BCUT2D eigenvalue weighted by Crippen LogP contribution is -2.20. The van der Waals surface area contributed by atoms with Gasteiger partial charge in [0.1, 0.15) is 0 Å². The van der Waals surface area contributed by atoms with Gasteiger partial charge < -0.3 is 15.0 Å². The number of H-pyrrole nitrogens is 1. The molecule has 0 saturated heterocycles. The van der Waals surface area contributed by atoms with E-state index in [1.807, 2.05) is 37.2 Å². The third-order valence-corrected chi connectivity index (χ3v) is 3.94.